The summed E-state index contributed by atoms with van der Waals surface area (Å²) in [4.78, 5) is 2.57. The molecular weight excluding hydrogens is 162 g/mol. The molecular formula is C11H21NO. The SMILES string of the molecule is CCN1CCC2(CCOCC2)CC1. The third-order valence-electron chi connectivity index (χ3n) is 3.92. The summed E-state index contributed by atoms with van der Waals surface area (Å²) < 4.78 is 5.44. The minimum atomic E-state index is 0.671. The molecule has 0 bridgehead atoms. The first-order valence-corrected chi connectivity index (χ1v) is 5.65. The van der Waals surface area contributed by atoms with Crippen LogP contribution in [0.15, 0.2) is 0 Å². The summed E-state index contributed by atoms with van der Waals surface area (Å²) in [5.74, 6) is 0. The van der Waals surface area contributed by atoms with Gasteiger partial charge in [-0.25, -0.2) is 0 Å². The van der Waals surface area contributed by atoms with Gasteiger partial charge in [0.15, 0.2) is 0 Å². The first-order chi connectivity index (χ1) is 6.35. The zero-order valence-electron chi connectivity index (χ0n) is 8.72. The van der Waals surface area contributed by atoms with Gasteiger partial charge in [-0.3, -0.25) is 0 Å². The van der Waals surface area contributed by atoms with E-state index in [2.05, 4.69) is 11.8 Å². The van der Waals surface area contributed by atoms with Crippen LogP contribution >= 0.6 is 0 Å². The van der Waals surface area contributed by atoms with Gasteiger partial charge in [-0.15, -0.1) is 0 Å². The molecule has 0 N–H and O–H groups in total. The van der Waals surface area contributed by atoms with Crippen molar-refractivity contribution < 1.29 is 4.74 Å². The average molecular weight is 183 g/mol. The molecule has 0 saturated carbocycles. The molecule has 13 heavy (non-hydrogen) atoms. The Morgan fingerprint density at radius 1 is 1.08 bits per heavy atom. The van der Waals surface area contributed by atoms with Gasteiger partial charge in [0, 0.05) is 13.2 Å². The van der Waals surface area contributed by atoms with Crippen LogP contribution in [0, 0.1) is 5.41 Å². The molecule has 0 aliphatic carbocycles. The molecule has 2 fully saturated rings. The Hall–Kier alpha value is -0.0800. The van der Waals surface area contributed by atoms with Crippen LogP contribution in [0.4, 0.5) is 0 Å². The van der Waals surface area contributed by atoms with Crippen molar-refractivity contribution in [2.24, 2.45) is 5.41 Å². The number of ether oxygens (including phenoxy) is 1. The average Bonchev–Trinajstić information content (AvgIpc) is 2.20. The van der Waals surface area contributed by atoms with Crippen molar-refractivity contribution >= 4 is 0 Å². The molecule has 76 valence electrons. The van der Waals surface area contributed by atoms with Gasteiger partial charge < -0.3 is 9.64 Å². The minimum absolute atomic E-state index is 0.671. The van der Waals surface area contributed by atoms with Gasteiger partial charge in [0.05, 0.1) is 0 Å². The largest absolute Gasteiger partial charge is 0.381 e. The van der Waals surface area contributed by atoms with Gasteiger partial charge in [0.2, 0.25) is 0 Å². The molecule has 0 atom stereocenters. The van der Waals surface area contributed by atoms with E-state index in [0.717, 1.165) is 13.2 Å². The Labute approximate surface area is 81.3 Å². The molecule has 0 unspecified atom stereocenters. The van der Waals surface area contributed by atoms with Crippen molar-refractivity contribution in [3.8, 4) is 0 Å². The quantitative estimate of drug-likeness (QED) is 0.615. The second-order valence-corrected chi connectivity index (χ2v) is 4.55. The third kappa shape index (κ3) is 2.05. The van der Waals surface area contributed by atoms with Crippen molar-refractivity contribution in [2.45, 2.75) is 32.6 Å². The van der Waals surface area contributed by atoms with E-state index in [1.165, 1.54) is 45.3 Å². The standard InChI is InChI=1S/C11H21NO/c1-2-12-7-3-11(4-8-12)5-9-13-10-6-11/h2-10H2,1H3. The predicted octanol–water partition coefficient (Wildman–Crippen LogP) is 1.90. The number of rotatable bonds is 1. The lowest BCUT2D eigenvalue weighted by atomic mass is 9.72. The summed E-state index contributed by atoms with van der Waals surface area (Å²) in [5.41, 5.74) is 0.671. The van der Waals surface area contributed by atoms with Crippen LogP contribution in [-0.2, 0) is 4.74 Å². The van der Waals surface area contributed by atoms with Crippen LogP contribution in [-0.4, -0.2) is 37.7 Å². The van der Waals surface area contributed by atoms with E-state index in [0.29, 0.717) is 5.41 Å². The van der Waals surface area contributed by atoms with Crippen LogP contribution in [0.2, 0.25) is 0 Å². The van der Waals surface area contributed by atoms with E-state index >= 15 is 0 Å². The lowest BCUT2D eigenvalue weighted by molar-refractivity contribution is -0.0197. The molecule has 2 rings (SSSR count). The highest BCUT2D eigenvalue weighted by atomic mass is 16.5. The Morgan fingerprint density at radius 3 is 2.23 bits per heavy atom. The summed E-state index contributed by atoms with van der Waals surface area (Å²) in [6.07, 6.45) is 5.43. The maximum Gasteiger partial charge on any atom is 0.0471 e. The summed E-state index contributed by atoms with van der Waals surface area (Å²) >= 11 is 0. The fourth-order valence-corrected chi connectivity index (χ4v) is 2.65. The Balaban J connectivity index is 1.87. The molecule has 0 aromatic heterocycles. The molecule has 2 heteroatoms. The molecule has 0 radical (unpaired) electrons. The number of nitrogens with zero attached hydrogens (tertiary/aromatic N) is 1. The molecule has 2 heterocycles. The molecule has 2 aliphatic heterocycles. The van der Waals surface area contributed by atoms with Gasteiger partial charge in [-0.05, 0) is 50.7 Å². The minimum Gasteiger partial charge on any atom is -0.381 e. The Bertz CT molecular complexity index is 153. The van der Waals surface area contributed by atoms with E-state index in [-0.39, 0.29) is 0 Å². The lowest BCUT2D eigenvalue weighted by Gasteiger charge is -2.43. The highest BCUT2D eigenvalue weighted by Gasteiger charge is 2.35. The first-order valence-electron chi connectivity index (χ1n) is 5.65. The molecule has 0 aromatic rings. The van der Waals surface area contributed by atoms with Gasteiger partial charge in [-0.2, -0.15) is 0 Å². The van der Waals surface area contributed by atoms with Crippen molar-refractivity contribution in [1.82, 2.24) is 4.90 Å². The molecule has 0 aromatic carbocycles. The summed E-state index contributed by atoms with van der Waals surface area (Å²) in [6, 6.07) is 0. The van der Waals surface area contributed by atoms with E-state index in [4.69, 9.17) is 4.74 Å². The number of hydrogen-bond acceptors (Lipinski definition) is 2. The fraction of sp³-hybridized carbons (Fsp3) is 1.00. The van der Waals surface area contributed by atoms with E-state index in [1.54, 1.807) is 0 Å². The first kappa shape index (κ1) is 9.47. The van der Waals surface area contributed by atoms with Crippen molar-refractivity contribution in [1.29, 1.82) is 0 Å². The third-order valence-corrected chi connectivity index (χ3v) is 3.92. The second kappa shape index (κ2) is 3.97. The predicted molar refractivity (Wildman–Crippen MR) is 53.8 cm³/mol. The number of piperidine rings is 1. The smallest absolute Gasteiger partial charge is 0.0471 e. The summed E-state index contributed by atoms with van der Waals surface area (Å²) in [6.45, 7) is 8.14. The highest BCUT2D eigenvalue weighted by molar-refractivity contribution is 4.87. The van der Waals surface area contributed by atoms with Gasteiger partial charge in [0.1, 0.15) is 0 Å². The van der Waals surface area contributed by atoms with Crippen LogP contribution < -0.4 is 0 Å². The van der Waals surface area contributed by atoms with E-state index in [1.807, 2.05) is 0 Å². The van der Waals surface area contributed by atoms with Crippen LogP contribution in [0.25, 0.3) is 0 Å². The highest BCUT2D eigenvalue weighted by Crippen LogP contribution is 2.40. The normalized spacial score (nSPS) is 29.3. The monoisotopic (exact) mass is 183 g/mol. The van der Waals surface area contributed by atoms with Crippen LogP contribution in [0.5, 0.6) is 0 Å². The van der Waals surface area contributed by atoms with Crippen molar-refractivity contribution in [3.63, 3.8) is 0 Å². The lowest BCUT2D eigenvalue weighted by Crippen LogP contribution is -2.42. The van der Waals surface area contributed by atoms with E-state index < -0.39 is 0 Å². The topological polar surface area (TPSA) is 12.5 Å². The molecule has 0 amide bonds. The zero-order chi connectivity index (χ0) is 9.15. The number of hydrogen-bond donors (Lipinski definition) is 0. The van der Waals surface area contributed by atoms with Crippen LogP contribution in [0.1, 0.15) is 32.6 Å². The van der Waals surface area contributed by atoms with Crippen molar-refractivity contribution in [3.05, 3.63) is 0 Å². The van der Waals surface area contributed by atoms with Crippen molar-refractivity contribution in [2.75, 3.05) is 32.8 Å². The van der Waals surface area contributed by atoms with Gasteiger partial charge >= 0.3 is 0 Å². The Morgan fingerprint density at radius 2 is 1.69 bits per heavy atom. The zero-order valence-corrected chi connectivity index (χ0v) is 8.72. The Kier molecular flexibility index (Phi) is 2.89. The molecule has 2 aliphatic rings. The molecule has 2 nitrogen and oxygen atoms in total. The fourth-order valence-electron chi connectivity index (χ4n) is 2.65. The second-order valence-electron chi connectivity index (χ2n) is 4.55. The maximum absolute atomic E-state index is 5.44. The van der Waals surface area contributed by atoms with Crippen LogP contribution in [0.3, 0.4) is 0 Å². The van der Waals surface area contributed by atoms with Gasteiger partial charge in [-0.1, -0.05) is 6.92 Å². The number of likely N-dealkylation sites (tertiary alicyclic amines) is 1. The maximum atomic E-state index is 5.44. The van der Waals surface area contributed by atoms with Gasteiger partial charge in [0.25, 0.3) is 0 Å². The molecule has 2 saturated heterocycles. The summed E-state index contributed by atoms with van der Waals surface area (Å²) in [5, 5.41) is 0. The molecule has 1 spiro atoms. The van der Waals surface area contributed by atoms with E-state index in [9.17, 15) is 0 Å². The summed E-state index contributed by atoms with van der Waals surface area (Å²) in [7, 11) is 0.